The minimum absolute atomic E-state index is 0.468. The highest BCUT2D eigenvalue weighted by atomic mass is 79.9. The number of alkyl halides is 4. The van der Waals surface area contributed by atoms with Crippen molar-refractivity contribution in [3.63, 3.8) is 0 Å². The Morgan fingerprint density at radius 1 is 1.32 bits per heavy atom. The Labute approximate surface area is 115 Å². The van der Waals surface area contributed by atoms with Crippen LogP contribution in [-0.2, 0) is 4.79 Å². The van der Waals surface area contributed by atoms with E-state index in [2.05, 4.69) is 21.2 Å². The highest BCUT2D eigenvalue weighted by Gasteiger charge is 2.40. The normalized spacial score (nSPS) is 11.7. The van der Waals surface area contributed by atoms with Crippen LogP contribution >= 0.6 is 15.9 Å². The Morgan fingerprint density at radius 2 is 1.95 bits per heavy atom. The Morgan fingerprint density at radius 3 is 2.53 bits per heavy atom. The van der Waals surface area contributed by atoms with Crippen LogP contribution in [0.4, 0.5) is 23.2 Å². The van der Waals surface area contributed by atoms with E-state index in [1.807, 2.05) is 5.32 Å². The van der Waals surface area contributed by atoms with Crippen molar-refractivity contribution in [2.45, 2.75) is 12.3 Å². The van der Waals surface area contributed by atoms with Gasteiger partial charge in [0.1, 0.15) is 0 Å². The number of carbonyl (C=O) groups excluding carboxylic acids is 1. The molecule has 0 atom stereocenters. The summed E-state index contributed by atoms with van der Waals surface area (Å²) in [7, 11) is 0. The minimum Gasteiger partial charge on any atom is -0.324 e. The fraction of sp³-hybridized carbons (Fsp3) is 0.364. The van der Waals surface area contributed by atoms with E-state index in [-0.39, 0.29) is 0 Å². The zero-order valence-electron chi connectivity index (χ0n) is 9.60. The molecule has 0 radical (unpaired) electrons. The molecular formula is C11H11BrF4N2O. The first-order valence-corrected chi connectivity index (χ1v) is 6.03. The highest BCUT2D eigenvalue weighted by Crippen LogP contribution is 2.22. The summed E-state index contributed by atoms with van der Waals surface area (Å²) in [5.74, 6) is -4.75. The van der Waals surface area contributed by atoms with Gasteiger partial charge in [-0.15, -0.1) is 0 Å². The van der Waals surface area contributed by atoms with Crippen LogP contribution in [0.15, 0.2) is 28.7 Å². The van der Waals surface area contributed by atoms with Gasteiger partial charge in [-0.1, -0.05) is 12.1 Å². The van der Waals surface area contributed by atoms with Crippen LogP contribution in [0.25, 0.3) is 0 Å². The van der Waals surface area contributed by atoms with Gasteiger partial charge in [0.15, 0.2) is 0 Å². The van der Waals surface area contributed by atoms with Gasteiger partial charge in [-0.25, -0.2) is 8.78 Å². The van der Waals surface area contributed by atoms with Crippen LogP contribution in [0, 0.1) is 0 Å². The second-order valence-corrected chi connectivity index (χ2v) is 4.55. The summed E-state index contributed by atoms with van der Waals surface area (Å²) in [4.78, 5) is 11.4. The third kappa shape index (κ3) is 5.15. The molecule has 0 spiro atoms. The van der Waals surface area contributed by atoms with Crippen molar-refractivity contribution in [3.05, 3.63) is 28.7 Å². The monoisotopic (exact) mass is 342 g/mol. The summed E-state index contributed by atoms with van der Waals surface area (Å²) < 4.78 is 49.4. The van der Waals surface area contributed by atoms with E-state index < -0.39 is 31.3 Å². The molecular weight excluding hydrogens is 332 g/mol. The smallest absolute Gasteiger partial charge is 0.319 e. The molecule has 106 valence electrons. The number of hydrogen-bond donors (Lipinski definition) is 2. The number of benzene rings is 1. The van der Waals surface area contributed by atoms with Crippen molar-refractivity contribution in [3.8, 4) is 0 Å². The van der Waals surface area contributed by atoms with Crippen molar-refractivity contribution in [2.75, 3.05) is 18.4 Å². The summed E-state index contributed by atoms with van der Waals surface area (Å²) in [5, 5.41) is 4.43. The molecule has 1 amide bonds. The highest BCUT2D eigenvalue weighted by molar-refractivity contribution is 9.10. The van der Waals surface area contributed by atoms with E-state index in [1.54, 1.807) is 24.3 Å². The number of anilines is 1. The molecule has 0 bridgehead atoms. The largest absolute Gasteiger partial charge is 0.324 e. The van der Waals surface area contributed by atoms with Crippen molar-refractivity contribution in [1.29, 1.82) is 0 Å². The van der Waals surface area contributed by atoms with Gasteiger partial charge in [-0.05, 0) is 28.1 Å². The third-order valence-electron chi connectivity index (χ3n) is 2.11. The molecule has 0 aliphatic heterocycles. The molecule has 1 aromatic rings. The first kappa shape index (κ1) is 15.9. The second-order valence-electron chi connectivity index (χ2n) is 3.69. The van der Waals surface area contributed by atoms with Crippen LogP contribution in [0.3, 0.4) is 0 Å². The Bertz CT molecular complexity index is 442. The molecule has 0 saturated heterocycles. The summed E-state index contributed by atoms with van der Waals surface area (Å²) >= 11 is 3.19. The molecule has 0 unspecified atom stereocenters. The molecule has 0 heterocycles. The van der Waals surface area contributed by atoms with Gasteiger partial charge in [0.25, 0.3) is 0 Å². The van der Waals surface area contributed by atoms with Crippen LogP contribution in [0.5, 0.6) is 0 Å². The van der Waals surface area contributed by atoms with Crippen LogP contribution < -0.4 is 10.6 Å². The fourth-order valence-electron chi connectivity index (χ4n) is 1.18. The zero-order chi connectivity index (χ0) is 14.5. The molecule has 0 fully saturated rings. The van der Waals surface area contributed by atoms with Crippen LogP contribution in [-0.4, -0.2) is 31.3 Å². The number of para-hydroxylation sites is 1. The fourth-order valence-corrected chi connectivity index (χ4v) is 1.56. The summed E-state index contributed by atoms with van der Waals surface area (Å²) in [6.07, 6.45) is -3.76. The molecule has 8 heteroatoms. The Kier molecular flexibility index (Phi) is 5.74. The zero-order valence-corrected chi connectivity index (χ0v) is 11.2. The van der Waals surface area contributed by atoms with Crippen molar-refractivity contribution in [1.82, 2.24) is 5.32 Å². The van der Waals surface area contributed by atoms with E-state index in [4.69, 9.17) is 0 Å². The molecule has 1 rings (SSSR count). The number of nitrogens with one attached hydrogen (secondary N) is 2. The van der Waals surface area contributed by atoms with E-state index in [0.29, 0.717) is 10.2 Å². The maximum absolute atomic E-state index is 12.5. The van der Waals surface area contributed by atoms with Gasteiger partial charge in [-0.3, -0.25) is 4.79 Å². The average molecular weight is 343 g/mol. The van der Waals surface area contributed by atoms with Gasteiger partial charge in [-0.2, -0.15) is 8.78 Å². The Hall–Kier alpha value is -1.15. The quantitative estimate of drug-likeness (QED) is 0.780. The van der Waals surface area contributed by atoms with E-state index >= 15 is 0 Å². The number of carbonyl (C=O) groups is 1. The predicted molar refractivity (Wildman–Crippen MR) is 66.6 cm³/mol. The van der Waals surface area contributed by atoms with Crippen LogP contribution in [0.2, 0.25) is 0 Å². The minimum atomic E-state index is -4.15. The summed E-state index contributed by atoms with van der Waals surface area (Å²) in [5.41, 5.74) is 0.468. The van der Waals surface area contributed by atoms with E-state index in [9.17, 15) is 22.4 Å². The lowest BCUT2D eigenvalue weighted by Gasteiger charge is -2.15. The summed E-state index contributed by atoms with van der Waals surface area (Å²) in [6, 6.07) is 6.71. The standard InChI is InChI=1S/C11H11BrF4N2O/c12-7-3-1-2-4-8(7)18-9(19)5-17-6-11(15,16)10(13)14/h1-4,10,17H,5-6H2,(H,18,19). The van der Waals surface area contributed by atoms with Gasteiger partial charge < -0.3 is 10.6 Å². The van der Waals surface area contributed by atoms with Gasteiger partial charge in [0.05, 0.1) is 18.8 Å². The predicted octanol–water partition coefficient (Wildman–Crippen LogP) is 2.88. The third-order valence-corrected chi connectivity index (χ3v) is 2.80. The first-order chi connectivity index (χ1) is 8.83. The molecule has 19 heavy (non-hydrogen) atoms. The molecule has 2 N–H and O–H groups in total. The van der Waals surface area contributed by atoms with Gasteiger partial charge in [0, 0.05) is 4.47 Å². The second kappa shape index (κ2) is 6.85. The van der Waals surface area contributed by atoms with E-state index in [1.165, 1.54) is 0 Å². The van der Waals surface area contributed by atoms with Gasteiger partial charge in [0.2, 0.25) is 5.91 Å². The average Bonchev–Trinajstić information content (AvgIpc) is 2.31. The summed E-state index contributed by atoms with van der Waals surface area (Å²) in [6.45, 7) is -1.74. The number of rotatable bonds is 6. The number of hydrogen-bond acceptors (Lipinski definition) is 2. The lowest BCUT2D eigenvalue weighted by molar-refractivity contribution is -0.127. The Balaban J connectivity index is 2.39. The molecule has 3 nitrogen and oxygen atoms in total. The molecule has 0 aromatic heterocycles. The topological polar surface area (TPSA) is 41.1 Å². The van der Waals surface area contributed by atoms with Crippen molar-refractivity contribution in [2.24, 2.45) is 0 Å². The van der Waals surface area contributed by atoms with E-state index in [0.717, 1.165) is 0 Å². The molecule has 0 aliphatic rings. The SMILES string of the molecule is O=C(CNCC(F)(F)C(F)F)Nc1ccccc1Br. The lowest BCUT2D eigenvalue weighted by atomic mass is 10.3. The molecule has 1 aromatic carbocycles. The lowest BCUT2D eigenvalue weighted by Crippen LogP contribution is -2.41. The van der Waals surface area contributed by atoms with Crippen molar-refractivity contribution >= 4 is 27.5 Å². The number of amides is 1. The maximum Gasteiger partial charge on any atom is 0.319 e. The molecule has 0 saturated carbocycles. The maximum atomic E-state index is 12.5. The van der Waals surface area contributed by atoms with Crippen molar-refractivity contribution < 1.29 is 22.4 Å². The first-order valence-electron chi connectivity index (χ1n) is 5.24. The molecule has 0 aliphatic carbocycles. The van der Waals surface area contributed by atoms with Gasteiger partial charge >= 0.3 is 12.3 Å². The van der Waals surface area contributed by atoms with Crippen LogP contribution in [0.1, 0.15) is 0 Å². The number of halogens is 5.